The Kier molecular flexibility index (Phi) is 6.54. The first kappa shape index (κ1) is 20.4. The minimum absolute atomic E-state index is 0.284. The van der Waals surface area contributed by atoms with Gasteiger partial charge in [-0.3, -0.25) is 20.4 Å². The van der Waals surface area contributed by atoms with Crippen LogP contribution in [0.5, 0.6) is 0 Å². The molecule has 2 aromatic rings. The van der Waals surface area contributed by atoms with Crippen LogP contribution in [-0.2, 0) is 14.8 Å². The molecule has 0 radical (unpaired) electrons. The summed E-state index contributed by atoms with van der Waals surface area (Å²) in [6.45, 7) is 4.68. The van der Waals surface area contributed by atoms with Gasteiger partial charge in [0, 0.05) is 5.41 Å². The van der Waals surface area contributed by atoms with E-state index >= 15 is 0 Å². The molecule has 0 aliphatic heterocycles. The van der Waals surface area contributed by atoms with Crippen LogP contribution in [0.1, 0.15) is 34.4 Å². The van der Waals surface area contributed by atoms with Crippen LogP contribution in [0.2, 0.25) is 0 Å². The lowest BCUT2D eigenvalue weighted by atomic mass is 10.2. The zero-order valence-electron chi connectivity index (χ0n) is 15.1. The van der Waals surface area contributed by atoms with E-state index in [0.717, 1.165) is 5.41 Å². The summed E-state index contributed by atoms with van der Waals surface area (Å²) in [6, 6.07) is 9.31. The van der Waals surface area contributed by atoms with Crippen molar-refractivity contribution in [1.29, 1.82) is 0 Å². The third-order valence-electron chi connectivity index (χ3n) is 3.56. The van der Waals surface area contributed by atoms with Crippen LogP contribution < -0.4 is 15.6 Å². The topological polar surface area (TPSA) is 118 Å². The monoisotopic (exact) mass is 391 g/mol. The maximum absolute atomic E-state index is 12.0. The number of hydrazine groups is 1. The first-order chi connectivity index (χ1) is 12.7. The number of carbonyl (C=O) groups excluding carboxylic acids is 2. The largest absolute Gasteiger partial charge is 0.466 e. The Bertz CT molecular complexity index is 949. The van der Waals surface area contributed by atoms with E-state index in [4.69, 9.17) is 4.42 Å². The van der Waals surface area contributed by atoms with Gasteiger partial charge in [-0.05, 0) is 38.5 Å². The first-order valence-corrected chi connectivity index (χ1v) is 9.65. The molecule has 9 heteroatoms. The fourth-order valence-corrected chi connectivity index (χ4v) is 3.24. The first-order valence-electron chi connectivity index (χ1n) is 8.10. The van der Waals surface area contributed by atoms with Gasteiger partial charge in [0.2, 0.25) is 10.0 Å². The number of aryl methyl sites for hydroxylation is 2. The number of hydrogen-bond donors (Lipinski definition) is 3. The summed E-state index contributed by atoms with van der Waals surface area (Å²) >= 11 is 0. The van der Waals surface area contributed by atoms with Crippen LogP contribution in [0.25, 0.3) is 6.08 Å². The van der Waals surface area contributed by atoms with Crippen molar-refractivity contribution in [3.05, 3.63) is 64.5 Å². The van der Waals surface area contributed by atoms with Gasteiger partial charge in [0.25, 0.3) is 11.8 Å². The average Bonchev–Trinajstić information content (AvgIpc) is 2.96. The zero-order valence-corrected chi connectivity index (χ0v) is 16.0. The molecule has 1 heterocycles. The second kappa shape index (κ2) is 8.65. The van der Waals surface area contributed by atoms with Crippen LogP contribution >= 0.6 is 0 Å². The third-order valence-corrected chi connectivity index (χ3v) is 4.73. The van der Waals surface area contributed by atoms with Gasteiger partial charge in [0.05, 0.1) is 11.6 Å². The maximum Gasteiger partial charge on any atom is 0.273 e. The SMILES string of the molecule is Cc1cc(C(=O)NNC(=O)C(C)NS(=O)(=O)/C=C/c2ccccc2)c(C)o1. The zero-order chi connectivity index (χ0) is 20.0. The van der Waals surface area contributed by atoms with Gasteiger partial charge in [-0.2, -0.15) is 4.72 Å². The second-order valence-corrected chi connectivity index (χ2v) is 7.47. The predicted octanol–water partition coefficient (Wildman–Crippen LogP) is 1.64. The molecule has 0 saturated carbocycles. The van der Waals surface area contributed by atoms with Crippen molar-refractivity contribution < 1.29 is 22.4 Å². The Morgan fingerprint density at radius 2 is 1.78 bits per heavy atom. The summed E-state index contributed by atoms with van der Waals surface area (Å²) in [7, 11) is -3.84. The number of sulfonamides is 1. The molecule has 8 nitrogen and oxygen atoms in total. The molecule has 0 spiro atoms. The molecule has 144 valence electrons. The molecule has 3 N–H and O–H groups in total. The van der Waals surface area contributed by atoms with E-state index < -0.39 is 27.9 Å². The molecular formula is C18H21N3O5S. The molecule has 0 aliphatic carbocycles. The van der Waals surface area contributed by atoms with E-state index in [1.807, 2.05) is 6.07 Å². The molecule has 1 unspecified atom stereocenters. The highest BCUT2D eigenvalue weighted by Gasteiger charge is 2.20. The Balaban J connectivity index is 1.90. The fourth-order valence-electron chi connectivity index (χ4n) is 2.22. The smallest absolute Gasteiger partial charge is 0.273 e. The lowest BCUT2D eigenvalue weighted by molar-refractivity contribution is -0.123. The third kappa shape index (κ3) is 6.08. The summed E-state index contributed by atoms with van der Waals surface area (Å²) in [5.41, 5.74) is 5.40. The van der Waals surface area contributed by atoms with Crippen molar-refractivity contribution in [2.24, 2.45) is 0 Å². The Morgan fingerprint density at radius 3 is 2.37 bits per heavy atom. The summed E-state index contributed by atoms with van der Waals surface area (Å²) in [5, 5.41) is 0.975. The minimum Gasteiger partial charge on any atom is -0.466 e. The number of benzene rings is 1. The van der Waals surface area contributed by atoms with Crippen molar-refractivity contribution in [2.75, 3.05) is 0 Å². The summed E-state index contributed by atoms with van der Waals surface area (Å²) in [4.78, 5) is 24.0. The highest BCUT2D eigenvalue weighted by molar-refractivity contribution is 7.92. The molecule has 2 amide bonds. The van der Waals surface area contributed by atoms with E-state index in [-0.39, 0.29) is 5.56 Å². The van der Waals surface area contributed by atoms with Gasteiger partial charge >= 0.3 is 0 Å². The molecule has 0 saturated heterocycles. The molecule has 0 fully saturated rings. The van der Waals surface area contributed by atoms with Crippen molar-refractivity contribution >= 4 is 27.9 Å². The minimum atomic E-state index is -3.84. The molecule has 1 aromatic heterocycles. The van der Waals surface area contributed by atoms with Gasteiger partial charge in [-0.15, -0.1) is 0 Å². The van der Waals surface area contributed by atoms with Crippen molar-refractivity contribution in [3.63, 3.8) is 0 Å². The molecule has 1 aromatic carbocycles. The van der Waals surface area contributed by atoms with Gasteiger partial charge in [0.1, 0.15) is 11.5 Å². The van der Waals surface area contributed by atoms with E-state index in [1.165, 1.54) is 19.1 Å². The lowest BCUT2D eigenvalue weighted by Gasteiger charge is -2.13. The number of rotatable bonds is 6. The van der Waals surface area contributed by atoms with Gasteiger partial charge in [-0.1, -0.05) is 30.3 Å². The van der Waals surface area contributed by atoms with E-state index in [2.05, 4.69) is 15.6 Å². The quantitative estimate of drug-likeness (QED) is 0.647. The molecule has 2 rings (SSSR count). The summed E-state index contributed by atoms with van der Waals surface area (Å²) in [6.07, 6.45) is 1.42. The number of amides is 2. The Hall–Kier alpha value is -2.91. The number of furan rings is 1. The number of nitrogens with one attached hydrogen (secondary N) is 3. The number of hydrogen-bond acceptors (Lipinski definition) is 5. The van der Waals surface area contributed by atoms with E-state index in [1.54, 1.807) is 38.1 Å². The van der Waals surface area contributed by atoms with Crippen molar-refractivity contribution in [3.8, 4) is 0 Å². The van der Waals surface area contributed by atoms with Crippen LogP contribution in [0, 0.1) is 13.8 Å². The highest BCUT2D eigenvalue weighted by Crippen LogP contribution is 2.12. The second-order valence-electron chi connectivity index (χ2n) is 5.87. The van der Waals surface area contributed by atoms with Crippen LogP contribution in [0.15, 0.2) is 46.2 Å². The maximum atomic E-state index is 12.0. The predicted molar refractivity (Wildman–Crippen MR) is 101 cm³/mol. The summed E-state index contributed by atoms with van der Waals surface area (Å²) < 4.78 is 31.6. The average molecular weight is 391 g/mol. The van der Waals surface area contributed by atoms with Crippen molar-refractivity contribution in [2.45, 2.75) is 26.8 Å². The molecule has 27 heavy (non-hydrogen) atoms. The fraction of sp³-hybridized carbons (Fsp3) is 0.222. The highest BCUT2D eigenvalue weighted by atomic mass is 32.2. The molecule has 0 aliphatic rings. The summed E-state index contributed by atoms with van der Waals surface area (Å²) in [5.74, 6) is -0.288. The van der Waals surface area contributed by atoms with Gasteiger partial charge in [0.15, 0.2) is 0 Å². The van der Waals surface area contributed by atoms with Gasteiger partial charge < -0.3 is 4.42 Å². The van der Waals surface area contributed by atoms with Crippen LogP contribution in [-0.4, -0.2) is 26.3 Å². The Labute approximate surface area is 157 Å². The van der Waals surface area contributed by atoms with Crippen molar-refractivity contribution in [1.82, 2.24) is 15.6 Å². The number of carbonyl (C=O) groups is 2. The standard InChI is InChI=1S/C18H21N3O5S/c1-12-11-16(14(3)26-12)18(23)20-19-17(22)13(2)21-27(24,25)10-9-15-7-5-4-6-8-15/h4-11,13,21H,1-3H3,(H,19,22)(H,20,23)/b10-9+. The lowest BCUT2D eigenvalue weighted by Crippen LogP contribution is -2.50. The van der Waals surface area contributed by atoms with Crippen LogP contribution in [0.4, 0.5) is 0 Å². The molecular weight excluding hydrogens is 370 g/mol. The Morgan fingerprint density at radius 1 is 1.11 bits per heavy atom. The molecule has 0 bridgehead atoms. The van der Waals surface area contributed by atoms with Crippen LogP contribution in [0.3, 0.4) is 0 Å². The van der Waals surface area contributed by atoms with Gasteiger partial charge in [-0.25, -0.2) is 8.42 Å². The molecule has 1 atom stereocenters. The van der Waals surface area contributed by atoms with E-state index in [9.17, 15) is 18.0 Å². The van der Waals surface area contributed by atoms with E-state index in [0.29, 0.717) is 17.1 Å². The normalized spacial score (nSPS) is 12.7.